The Balaban J connectivity index is 1.83. The Kier molecular flexibility index (Phi) is 4.72. The molecule has 3 rings (SSSR count). The molecular formula is C14H21N3O5S. The molecule has 2 aliphatic rings. The average Bonchev–Trinajstić information content (AvgIpc) is 2.98. The largest absolute Gasteiger partial charge is 0.379 e. The van der Waals surface area contributed by atoms with E-state index in [4.69, 9.17) is 9.47 Å². The van der Waals surface area contributed by atoms with E-state index in [1.165, 1.54) is 16.6 Å². The summed E-state index contributed by atoms with van der Waals surface area (Å²) < 4.78 is 38.7. The van der Waals surface area contributed by atoms with Gasteiger partial charge >= 0.3 is 0 Å². The van der Waals surface area contributed by atoms with Crippen molar-refractivity contribution in [2.24, 2.45) is 7.05 Å². The first kappa shape index (κ1) is 16.4. The second-order valence-electron chi connectivity index (χ2n) is 5.59. The van der Waals surface area contributed by atoms with Gasteiger partial charge in [-0.2, -0.15) is 4.31 Å². The molecule has 0 atom stereocenters. The molecule has 0 spiro atoms. The van der Waals surface area contributed by atoms with Gasteiger partial charge in [-0.3, -0.25) is 4.79 Å². The standard InChI is InChI=1S/C14H21N3O5S/c1-15-11-12(23(19,20)17-4-8-22-9-5-17)10-13(15)14(18)16-2-6-21-7-3-16/h10-11H,2-9H2,1H3. The molecule has 0 aromatic carbocycles. The number of aryl methyl sites for hydroxylation is 1. The van der Waals surface area contributed by atoms with Crippen LogP contribution in [0.3, 0.4) is 0 Å². The van der Waals surface area contributed by atoms with Crippen molar-refractivity contribution in [1.29, 1.82) is 0 Å². The highest BCUT2D eigenvalue weighted by molar-refractivity contribution is 7.89. The third-order valence-corrected chi connectivity index (χ3v) is 5.97. The summed E-state index contributed by atoms with van der Waals surface area (Å²) in [5, 5.41) is 0. The molecule has 0 unspecified atom stereocenters. The van der Waals surface area contributed by atoms with E-state index in [1.54, 1.807) is 16.5 Å². The van der Waals surface area contributed by atoms with E-state index in [1.807, 2.05) is 0 Å². The molecule has 2 fully saturated rings. The van der Waals surface area contributed by atoms with Crippen LogP contribution in [0.15, 0.2) is 17.2 Å². The second-order valence-corrected chi connectivity index (χ2v) is 7.53. The van der Waals surface area contributed by atoms with Gasteiger partial charge < -0.3 is 18.9 Å². The molecule has 1 amide bonds. The Bertz CT molecular complexity index is 673. The number of hydrogen-bond acceptors (Lipinski definition) is 5. The SMILES string of the molecule is Cn1cc(S(=O)(=O)N2CCOCC2)cc1C(=O)N1CCOCC1. The highest BCUT2D eigenvalue weighted by Gasteiger charge is 2.30. The Hall–Kier alpha value is -1.42. The van der Waals surface area contributed by atoms with E-state index in [9.17, 15) is 13.2 Å². The molecule has 1 aromatic rings. The van der Waals surface area contributed by atoms with Crippen molar-refractivity contribution in [3.63, 3.8) is 0 Å². The summed E-state index contributed by atoms with van der Waals surface area (Å²) in [5.41, 5.74) is 0.374. The minimum Gasteiger partial charge on any atom is -0.379 e. The van der Waals surface area contributed by atoms with Crippen molar-refractivity contribution < 1.29 is 22.7 Å². The van der Waals surface area contributed by atoms with Crippen LogP contribution in [-0.2, 0) is 26.5 Å². The van der Waals surface area contributed by atoms with Crippen LogP contribution in [0.4, 0.5) is 0 Å². The van der Waals surface area contributed by atoms with Gasteiger partial charge in [0.2, 0.25) is 10.0 Å². The molecule has 23 heavy (non-hydrogen) atoms. The number of ether oxygens (including phenoxy) is 2. The third kappa shape index (κ3) is 3.27. The Morgan fingerprint density at radius 2 is 1.61 bits per heavy atom. The van der Waals surface area contributed by atoms with Crippen LogP contribution in [0.5, 0.6) is 0 Å². The summed E-state index contributed by atoms with van der Waals surface area (Å²) in [6.07, 6.45) is 1.50. The second kappa shape index (κ2) is 6.60. The van der Waals surface area contributed by atoms with Crippen LogP contribution in [0.25, 0.3) is 0 Å². The fourth-order valence-electron chi connectivity index (χ4n) is 2.75. The summed E-state index contributed by atoms with van der Waals surface area (Å²) in [5.74, 6) is -0.167. The Morgan fingerprint density at radius 3 is 2.22 bits per heavy atom. The summed E-state index contributed by atoms with van der Waals surface area (Å²) in [4.78, 5) is 14.4. The molecule has 0 aliphatic carbocycles. The monoisotopic (exact) mass is 343 g/mol. The van der Waals surface area contributed by atoms with Crippen LogP contribution < -0.4 is 0 Å². The van der Waals surface area contributed by atoms with Gasteiger partial charge in [0.15, 0.2) is 0 Å². The van der Waals surface area contributed by atoms with Gasteiger partial charge in [-0.1, -0.05) is 0 Å². The highest BCUT2D eigenvalue weighted by atomic mass is 32.2. The van der Waals surface area contributed by atoms with Crippen LogP contribution in [-0.4, -0.2) is 80.7 Å². The van der Waals surface area contributed by atoms with Crippen molar-refractivity contribution >= 4 is 15.9 Å². The number of hydrogen-bond donors (Lipinski definition) is 0. The summed E-state index contributed by atoms with van der Waals surface area (Å²) in [7, 11) is -1.90. The van der Waals surface area contributed by atoms with Gasteiger partial charge in [0.1, 0.15) is 10.6 Å². The van der Waals surface area contributed by atoms with Gasteiger partial charge in [-0.15, -0.1) is 0 Å². The molecular weight excluding hydrogens is 322 g/mol. The van der Waals surface area contributed by atoms with Crippen molar-refractivity contribution in [3.05, 3.63) is 18.0 Å². The summed E-state index contributed by atoms with van der Waals surface area (Å²) in [6.45, 7) is 3.53. The molecule has 0 N–H and O–H groups in total. The van der Waals surface area contributed by atoms with Gasteiger partial charge in [0.05, 0.1) is 26.4 Å². The van der Waals surface area contributed by atoms with Crippen LogP contribution >= 0.6 is 0 Å². The Morgan fingerprint density at radius 1 is 1.04 bits per heavy atom. The predicted octanol–water partition coefficient (Wildman–Crippen LogP) is -0.482. The maximum atomic E-state index is 12.7. The van der Waals surface area contributed by atoms with E-state index >= 15 is 0 Å². The van der Waals surface area contributed by atoms with Gasteiger partial charge in [0.25, 0.3) is 5.91 Å². The van der Waals surface area contributed by atoms with E-state index in [2.05, 4.69) is 0 Å². The van der Waals surface area contributed by atoms with E-state index in [0.717, 1.165) is 0 Å². The van der Waals surface area contributed by atoms with Gasteiger partial charge in [0, 0.05) is 39.4 Å². The van der Waals surface area contributed by atoms with Crippen molar-refractivity contribution in [3.8, 4) is 0 Å². The van der Waals surface area contributed by atoms with E-state index in [0.29, 0.717) is 58.3 Å². The lowest BCUT2D eigenvalue weighted by molar-refractivity contribution is 0.0296. The zero-order valence-corrected chi connectivity index (χ0v) is 13.9. The molecule has 0 bridgehead atoms. The lowest BCUT2D eigenvalue weighted by Gasteiger charge is -2.26. The molecule has 2 aliphatic heterocycles. The molecule has 128 valence electrons. The first-order chi connectivity index (χ1) is 11.0. The van der Waals surface area contributed by atoms with Crippen LogP contribution in [0.2, 0.25) is 0 Å². The number of morpholine rings is 2. The quantitative estimate of drug-likeness (QED) is 0.740. The first-order valence-electron chi connectivity index (χ1n) is 7.61. The zero-order valence-electron chi connectivity index (χ0n) is 13.1. The number of amides is 1. The average molecular weight is 343 g/mol. The lowest BCUT2D eigenvalue weighted by atomic mass is 10.3. The first-order valence-corrected chi connectivity index (χ1v) is 9.05. The number of aromatic nitrogens is 1. The molecule has 0 saturated carbocycles. The van der Waals surface area contributed by atoms with E-state index < -0.39 is 10.0 Å². The summed E-state index contributed by atoms with van der Waals surface area (Å²) >= 11 is 0. The Labute approximate surface area is 135 Å². The lowest BCUT2D eigenvalue weighted by Crippen LogP contribution is -2.41. The van der Waals surface area contributed by atoms with Gasteiger partial charge in [-0.05, 0) is 6.07 Å². The maximum Gasteiger partial charge on any atom is 0.270 e. The third-order valence-electron chi connectivity index (χ3n) is 4.11. The van der Waals surface area contributed by atoms with Crippen molar-refractivity contribution in [2.45, 2.75) is 4.90 Å². The minimum absolute atomic E-state index is 0.151. The number of rotatable bonds is 3. The number of sulfonamides is 1. The molecule has 0 radical (unpaired) electrons. The molecule has 8 nitrogen and oxygen atoms in total. The maximum absolute atomic E-state index is 12.7. The topological polar surface area (TPSA) is 81.1 Å². The number of carbonyl (C=O) groups is 1. The molecule has 1 aromatic heterocycles. The highest BCUT2D eigenvalue weighted by Crippen LogP contribution is 2.20. The predicted molar refractivity (Wildman–Crippen MR) is 81.7 cm³/mol. The number of carbonyl (C=O) groups excluding carboxylic acids is 1. The van der Waals surface area contributed by atoms with Crippen molar-refractivity contribution in [2.75, 3.05) is 52.6 Å². The van der Waals surface area contributed by atoms with Crippen molar-refractivity contribution in [1.82, 2.24) is 13.8 Å². The smallest absolute Gasteiger partial charge is 0.270 e. The molecule has 9 heteroatoms. The van der Waals surface area contributed by atoms with Crippen LogP contribution in [0.1, 0.15) is 10.5 Å². The fraction of sp³-hybridized carbons (Fsp3) is 0.643. The molecule has 3 heterocycles. The zero-order chi connectivity index (χ0) is 16.4. The van der Waals surface area contributed by atoms with Gasteiger partial charge in [-0.25, -0.2) is 8.42 Å². The van der Waals surface area contributed by atoms with Crippen LogP contribution in [0, 0.1) is 0 Å². The number of nitrogens with zero attached hydrogens (tertiary/aromatic N) is 3. The fourth-order valence-corrected chi connectivity index (χ4v) is 4.23. The summed E-state index contributed by atoms with van der Waals surface area (Å²) in [6, 6.07) is 1.46. The minimum atomic E-state index is -3.59. The molecule has 2 saturated heterocycles. The van der Waals surface area contributed by atoms with E-state index in [-0.39, 0.29) is 10.8 Å². The normalized spacial score (nSPS) is 20.7.